The standard InChI is InChI=1S/C24H30F2N6O2S/c1-23(2,3)35(34)28-13-14-5-6-16-17(11-14)30-22(29-16)20(15-7-9-24(25,26)10-8-15)18-12-19(21(27)33)32(4)31-18/h5-6,11-13,15,20H,7-10H2,1-4H3,(H2,27,33)(H,29,30)/b28-13+/t20-,35-/m0/s1. The van der Waals surface area contributed by atoms with Crippen LogP contribution >= 0.6 is 0 Å². The summed E-state index contributed by atoms with van der Waals surface area (Å²) in [6, 6.07) is 7.13. The SMILES string of the molecule is Cn1nc([C@@H](c2nc3ccc(/C=N/[S@@](=O)C(C)(C)C)cc3[nH]2)C2CCC(F)(F)CC2)cc1C(N)=O. The molecular weight excluding hydrogens is 474 g/mol. The highest BCUT2D eigenvalue weighted by molar-refractivity contribution is 7.85. The summed E-state index contributed by atoms with van der Waals surface area (Å²) in [6.07, 6.45) is 1.80. The molecule has 35 heavy (non-hydrogen) atoms. The van der Waals surface area contributed by atoms with E-state index in [0.29, 0.717) is 29.9 Å². The van der Waals surface area contributed by atoms with Crippen molar-refractivity contribution in [3.05, 3.63) is 47.0 Å². The van der Waals surface area contributed by atoms with Crippen molar-refractivity contribution in [2.24, 2.45) is 23.1 Å². The first-order valence-electron chi connectivity index (χ1n) is 11.5. The van der Waals surface area contributed by atoms with Crippen LogP contribution in [0.1, 0.15) is 79.9 Å². The monoisotopic (exact) mass is 504 g/mol. The Labute approximate surface area is 205 Å². The summed E-state index contributed by atoms with van der Waals surface area (Å²) in [5.41, 5.74) is 8.49. The summed E-state index contributed by atoms with van der Waals surface area (Å²) in [7, 11) is 0.248. The number of nitrogens with one attached hydrogen (secondary N) is 1. The second kappa shape index (κ2) is 9.25. The fourth-order valence-electron chi connectivity index (χ4n) is 4.41. The molecule has 188 valence electrons. The molecule has 0 unspecified atom stereocenters. The molecule has 1 aliphatic rings. The van der Waals surface area contributed by atoms with Crippen molar-refractivity contribution in [3.8, 4) is 0 Å². The van der Waals surface area contributed by atoms with Gasteiger partial charge in [0.2, 0.25) is 5.92 Å². The number of rotatable bonds is 6. The summed E-state index contributed by atoms with van der Waals surface area (Å²) in [5.74, 6) is -3.21. The zero-order chi connectivity index (χ0) is 25.5. The van der Waals surface area contributed by atoms with Gasteiger partial charge in [0.15, 0.2) is 0 Å². The Balaban J connectivity index is 1.71. The van der Waals surface area contributed by atoms with Gasteiger partial charge < -0.3 is 10.7 Å². The zero-order valence-electron chi connectivity index (χ0n) is 20.2. The number of halogens is 2. The maximum absolute atomic E-state index is 13.9. The normalized spacial score (nSPS) is 18.8. The molecule has 1 aliphatic carbocycles. The molecule has 0 bridgehead atoms. The highest BCUT2D eigenvalue weighted by Crippen LogP contribution is 2.44. The van der Waals surface area contributed by atoms with Gasteiger partial charge in [0.05, 0.1) is 27.4 Å². The number of nitrogens with zero attached hydrogens (tertiary/aromatic N) is 4. The second-order valence-corrected chi connectivity index (χ2v) is 12.0. The number of hydrogen-bond acceptors (Lipinski definition) is 4. The average Bonchev–Trinajstić information content (AvgIpc) is 3.35. The minimum absolute atomic E-state index is 0.124. The van der Waals surface area contributed by atoms with E-state index in [0.717, 1.165) is 11.1 Å². The third kappa shape index (κ3) is 5.50. The van der Waals surface area contributed by atoms with Gasteiger partial charge in [-0.25, -0.2) is 18.0 Å². The van der Waals surface area contributed by atoms with Crippen molar-refractivity contribution in [3.63, 3.8) is 0 Å². The van der Waals surface area contributed by atoms with Gasteiger partial charge in [-0.2, -0.15) is 9.50 Å². The Hall–Kier alpha value is -2.95. The molecule has 0 saturated heterocycles. The summed E-state index contributed by atoms with van der Waals surface area (Å²) in [6.45, 7) is 5.56. The van der Waals surface area contributed by atoms with Gasteiger partial charge in [0, 0.05) is 26.1 Å². The van der Waals surface area contributed by atoms with Crippen LogP contribution in [-0.4, -0.2) is 46.7 Å². The largest absolute Gasteiger partial charge is 0.364 e. The predicted octanol–water partition coefficient (Wildman–Crippen LogP) is 4.23. The Morgan fingerprint density at radius 2 is 2.00 bits per heavy atom. The van der Waals surface area contributed by atoms with Crippen LogP contribution in [0.4, 0.5) is 8.78 Å². The number of alkyl halides is 2. The molecule has 2 aromatic heterocycles. The van der Waals surface area contributed by atoms with E-state index in [1.54, 1.807) is 19.3 Å². The maximum atomic E-state index is 13.9. The van der Waals surface area contributed by atoms with E-state index >= 15 is 0 Å². The third-order valence-electron chi connectivity index (χ3n) is 6.34. The summed E-state index contributed by atoms with van der Waals surface area (Å²) >= 11 is 0. The van der Waals surface area contributed by atoms with Gasteiger partial charge in [0.25, 0.3) is 5.91 Å². The minimum Gasteiger partial charge on any atom is -0.364 e. The quantitative estimate of drug-likeness (QED) is 0.488. The number of aryl methyl sites for hydroxylation is 1. The van der Waals surface area contributed by atoms with Crippen LogP contribution < -0.4 is 5.73 Å². The van der Waals surface area contributed by atoms with Gasteiger partial charge >= 0.3 is 0 Å². The molecule has 1 fully saturated rings. The smallest absolute Gasteiger partial charge is 0.266 e. The molecule has 8 nitrogen and oxygen atoms in total. The van der Waals surface area contributed by atoms with Crippen molar-refractivity contribution in [2.75, 3.05) is 0 Å². The van der Waals surface area contributed by atoms with Gasteiger partial charge in [-0.15, -0.1) is 0 Å². The number of carbonyl (C=O) groups is 1. The van der Waals surface area contributed by atoms with Gasteiger partial charge in [-0.3, -0.25) is 9.48 Å². The second-order valence-electron chi connectivity index (χ2n) is 10.1. The van der Waals surface area contributed by atoms with Gasteiger partial charge in [0.1, 0.15) is 22.5 Å². The summed E-state index contributed by atoms with van der Waals surface area (Å²) in [4.78, 5) is 19.9. The lowest BCUT2D eigenvalue weighted by atomic mass is 9.77. The Morgan fingerprint density at radius 3 is 2.60 bits per heavy atom. The first-order chi connectivity index (χ1) is 16.3. The molecule has 2 heterocycles. The number of hydrogen-bond donors (Lipinski definition) is 2. The molecule has 4 rings (SSSR count). The van der Waals surface area contributed by atoms with Crippen LogP contribution in [0.15, 0.2) is 28.7 Å². The molecule has 3 aromatic rings. The van der Waals surface area contributed by atoms with Crippen molar-refractivity contribution < 1.29 is 17.8 Å². The molecule has 1 aromatic carbocycles. The Morgan fingerprint density at radius 1 is 1.31 bits per heavy atom. The average molecular weight is 505 g/mol. The highest BCUT2D eigenvalue weighted by Gasteiger charge is 2.40. The third-order valence-corrected chi connectivity index (χ3v) is 7.69. The number of primary amides is 1. The molecule has 3 N–H and O–H groups in total. The van der Waals surface area contributed by atoms with Gasteiger partial charge in [-0.1, -0.05) is 6.07 Å². The molecule has 1 amide bonds. The van der Waals surface area contributed by atoms with Crippen LogP contribution in [0.25, 0.3) is 11.0 Å². The van der Waals surface area contributed by atoms with Crippen molar-refractivity contribution >= 4 is 34.1 Å². The number of H-pyrrole nitrogens is 1. The maximum Gasteiger partial charge on any atom is 0.266 e. The van der Waals surface area contributed by atoms with Crippen LogP contribution in [0.5, 0.6) is 0 Å². The number of benzene rings is 1. The minimum atomic E-state index is -2.67. The van der Waals surface area contributed by atoms with Crippen LogP contribution in [0.3, 0.4) is 0 Å². The molecule has 0 aliphatic heterocycles. The van der Waals surface area contributed by atoms with Crippen LogP contribution in [0.2, 0.25) is 0 Å². The number of aromatic amines is 1. The fourth-order valence-corrected chi connectivity index (χ4v) is 4.95. The number of amides is 1. The van der Waals surface area contributed by atoms with E-state index in [1.807, 2.05) is 39.0 Å². The van der Waals surface area contributed by atoms with E-state index in [4.69, 9.17) is 10.7 Å². The lowest BCUT2D eigenvalue weighted by molar-refractivity contribution is -0.0476. The number of nitrogens with two attached hydrogens (primary N) is 1. The molecule has 0 spiro atoms. The summed E-state index contributed by atoms with van der Waals surface area (Å²) < 4.78 is 45.2. The molecular formula is C24H30F2N6O2S. The number of imidazole rings is 1. The number of carbonyl (C=O) groups excluding carboxylic acids is 1. The fraction of sp³-hybridized carbons (Fsp3) is 0.500. The van der Waals surface area contributed by atoms with Crippen molar-refractivity contribution in [1.29, 1.82) is 0 Å². The topological polar surface area (TPSA) is 119 Å². The molecule has 2 atom stereocenters. The van der Waals surface area contributed by atoms with Crippen molar-refractivity contribution in [2.45, 2.75) is 63.0 Å². The van der Waals surface area contributed by atoms with Crippen LogP contribution in [-0.2, 0) is 18.0 Å². The lowest BCUT2D eigenvalue weighted by Crippen LogP contribution is -2.28. The van der Waals surface area contributed by atoms with E-state index in [9.17, 15) is 17.8 Å². The Kier molecular flexibility index (Phi) is 6.65. The molecule has 1 saturated carbocycles. The first kappa shape index (κ1) is 25.2. The van der Waals surface area contributed by atoms with Gasteiger partial charge in [-0.05, 0) is 63.3 Å². The summed E-state index contributed by atoms with van der Waals surface area (Å²) in [5, 5.41) is 4.49. The molecule has 0 radical (unpaired) electrons. The van der Waals surface area contributed by atoms with E-state index in [2.05, 4.69) is 14.5 Å². The van der Waals surface area contributed by atoms with Crippen molar-refractivity contribution in [1.82, 2.24) is 19.7 Å². The first-order valence-corrected chi connectivity index (χ1v) is 12.6. The van der Waals surface area contributed by atoms with E-state index < -0.39 is 33.5 Å². The Bertz CT molecular complexity index is 1300. The number of fused-ring (bicyclic) bond motifs is 1. The van der Waals surface area contributed by atoms with E-state index in [1.165, 1.54) is 4.68 Å². The van der Waals surface area contributed by atoms with E-state index in [-0.39, 0.29) is 24.5 Å². The number of aromatic nitrogens is 4. The molecule has 11 heteroatoms. The predicted molar refractivity (Wildman–Crippen MR) is 132 cm³/mol. The zero-order valence-corrected chi connectivity index (χ0v) is 21.0. The van der Waals surface area contributed by atoms with Crippen LogP contribution in [0, 0.1) is 5.92 Å². The highest BCUT2D eigenvalue weighted by atomic mass is 32.2. The lowest BCUT2D eigenvalue weighted by Gasteiger charge is -2.32.